The van der Waals surface area contributed by atoms with Crippen molar-refractivity contribution in [2.45, 2.75) is 13.3 Å². The number of carbonyl (C=O) groups is 1. The van der Waals surface area contributed by atoms with Crippen LogP contribution in [0.25, 0.3) is 17.2 Å². The number of nitrogens with zero attached hydrogens (tertiary/aromatic N) is 6. The van der Waals surface area contributed by atoms with E-state index in [1.165, 1.54) is 0 Å². The lowest BCUT2D eigenvalue weighted by Gasteiger charge is -2.06. The van der Waals surface area contributed by atoms with Gasteiger partial charge in [0.15, 0.2) is 11.5 Å². The smallest absolute Gasteiger partial charge is 0.252 e. The summed E-state index contributed by atoms with van der Waals surface area (Å²) in [5.41, 5.74) is 2.19. The largest absolute Gasteiger partial charge is 0.352 e. The molecule has 0 aromatic carbocycles. The first kappa shape index (κ1) is 16.4. The van der Waals surface area contributed by atoms with E-state index in [1.807, 2.05) is 41.3 Å². The molecule has 4 aromatic heterocycles. The van der Waals surface area contributed by atoms with Gasteiger partial charge in [-0.25, -0.2) is 0 Å². The van der Waals surface area contributed by atoms with Crippen LogP contribution in [0.1, 0.15) is 20.4 Å². The first-order valence-electron chi connectivity index (χ1n) is 8.15. The summed E-state index contributed by atoms with van der Waals surface area (Å²) < 4.78 is 3.80. The van der Waals surface area contributed by atoms with Crippen molar-refractivity contribution in [2.75, 3.05) is 6.54 Å². The molecule has 0 radical (unpaired) electrons. The molecule has 4 rings (SSSR count). The van der Waals surface area contributed by atoms with Crippen molar-refractivity contribution in [1.82, 2.24) is 34.7 Å². The highest BCUT2D eigenvalue weighted by atomic mass is 32.1. The Morgan fingerprint density at radius 2 is 2.08 bits per heavy atom. The average molecular weight is 367 g/mol. The van der Waals surface area contributed by atoms with E-state index in [0.717, 1.165) is 15.7 Å². The molecule has 4 aromatic rings. The summed E-state index contributed by atoms with van der Waals surface area (Å²) in [6.45, 7) is 2.43. The standard InChI is InChI=1S/C17H17N7OS/c1-11-19-21-15(26-11)7-8-18-17(25)12-5-6-14-20-22-16(24(14)10-12)13-4-3-9-23(13)2/h3-6,9-10H,7-8H2,1-2H3,(H,18,25). The molecule has 26 heavy (non-hydrogen) atoms. The number of hydrogen-bond acceptors (Lipinski definition) is 6. The minimum atomic E-state index is -0.139. The lowest BCUT2D eigenvalue weighted by molar-refractivity contribution is 0.0953. The number of fused-ring (bicyclic) bond motifs is 1. The van der Waals surface area contributed by atoms with Gasteiger partial charge < -0.3 is 9.88 Å². The third-order valence-corrected chi connectivity index (χ3v) is 4.93. The van der Waals surface area contributed by atoms with Crippen molar-refractivity contribution < 1.29 is 4.79 Å². The van der Waals surface area contributed by atoms with E-state index in [-0.39, 0.29) is 5.91 Å². The van der Waals surface area contributed by atoms with Crippen LogP contribution in [-0.2, 0) is 13.5 Å². The molecule has 1 N–H and O–H groups in total. The van der Waals surface area contributed by atoms with Crippen LogP contribution in [-0.4, -0.2) is 41.8 Å². The van der Waals surface area contributed by atoms with Gasteiger partial charge >= 0.3 is 0 Å². The Hall–Kier alpha value is -3.07. The minimum absolute atomic E-state index is 0.139. The molecular weight excluding hydrogens is 350 g/mol. The molecular formula is C17H17N7OS. The van der Waals surface area contributed by atoms with Crippen LogP contribution in [0.3, 0.4) is 0 Å². The van der Waals surface area contributed by atoms with E-state index in [4.69, 9.17) is 0 Å². The molecule has 0 bridgehead atoms. The van der Waals surface area contributed by atoms with Gasteiger partial charge in [-0.05, 0) is 31.2 Å². The zero-order chi connectivity index (χ0) is 18.1. The maximum Gasteiger partial charge on any atom is 0.252 e. The number of amides is 1. The van der Waals surface area contributed by atoms with Gasteiger partial charge in [-0.3, -0.25) is 9.20 Å². The summed E-state index contributed by atoms with van der Waals surface area (Å²) in [6.07, 6.45) is 4.38. The maximum atomic E-state index is 12.5. The molecule has 0 aliphatic rings. The zero-order valence-corrected chi connectivity index (χ0v) is 15.2. The quantitative estimate of drug-likeness (QED) is 0.582. The van der Waals surface area contributed by atoms with Crippen LogP contribution in [0.2, 0.25) is 0 Å². The Labute approximate surface area is 153 Å². The second-order valence-corrected chi connectivity index (χ2v) is 7.16. The SMILES string of the molecule is Cc1nnc(CCNC(=O)c2ccc3nnc(-c4cccn4C)n3c2)s1. The number of aromatic nitrogens is 6. The molecule has 0 aliphatic heterocycles. The van der Waals surface area contributed by atoms with Crippen molar-refractivity contribution in [3.63, 3.8) is 0 Å². The summed E-state index contributed by atoms with van der Waals surface area (Å²) in [5, 5.41) is 21.2. The van der Waals surface area contributed by atoms with E-state index in [0.29, 0.717) is 30.0 Å². The van der Waals surface area contributed by atoms with Gasteiger partial charge in [0.1, 0.15) is 10.0 Å². The van der Waals surface area contributed by atoms with Gasteiger partial charge in [-0.1, -0.05) is 0 Å². The van der Waals surface area contributed by atoms with Crippen molar-refractivity contribution in [1.29, 1.82) is 0 Å². The highest BCUT2D eigenvalue weighted by Crippen LogP contribution is 2.19. The Morgan fingerprint density at radius 1 is 1.19 bits per heavy atom. The zero-order valence-electron chi connectivity index (χ0n) is 14.4. The summed E-state index contributed by atoms with van der Waals surface area (Å²) in [5.74, 6) is 0.561. The number of nitrogens with one attached hydrogen (secondary N) is 1. The predicted octanol–water partition coefficient (Wildman–Crippen LogP) is 1.87. The molecule has 0 atom stereocenters. The van der Waals surface area contributed by atoms with Crippen LogP contribution in [0, 0.1) is 6.92 Å². The fraction of sp³-hybridized carbons (Fsp3) is 0.235. The van der Waals surface area contributed by atoms with E-state index < -0.39 is 0 Å². The minimum Gasteiger partial charge on any atom is -0.352 e. The van der Waals surface area contributed by atoms with E-state index in [2.05, 4.69) is 25.7 Å². The summed E-state index contributed by atoms with van der Waals surface area (Å²) in [7, 11) is 1.95. The fourth-order valence-corrected chi connectivity index (χ4v) is 3.43. The van der Waals surface area contributed by atoms with Crippen molar-refractivity contribution in [3.05, 3.63) is 52.2 Å². The molecule has 0 aliphatic carbocycles. The Bertz CT molecular complexity index is 1080. The van der Waals surface area contributed by atoms with Crippen molar-refractivity contribution in [3.8, 4) is 11.5 Å². The third-order valence-electron chi connectivity index (χ3n) is 4.03. The number of aryl methyl sites for hydroxylation is 2. The molecule has 9 heteroatoms. The van der Waals surface area contributed by atoms with Crippen LogP contribution < -0.4 is 5.32 Å². The Morgan fingerprint density at radius 3 is 2.81 bits per heavy atom. The number of pyridine rings is 1. The fourth-order valence-electron chi connectivity index (χ4n) is 2.72. The van der Waals surface area contributed by atoms with E-state index >= 15 is 0 Å². The Balaban J connectivity index is 1.53. The van der Waals surface area contributed by atoms with Gasteiger partial charge in [-0.15, -0.1) is 31.7 Å². The molecule has 0 spiro atoms. The molecule has 1 amide bonds. The molecule has 0 fully saturated rings. The molecule has 0 saturated heterocycles. The van der Waals surface area contributed by atoms with Gasteiger partial charge in [0.25, 0.3) is 5.91 Å². The molecule has 132 valence electrons. The van der Waals surface area contributed by atoms with Crippen LogP contribution in [0.15, 0.2) is 36.7 Å². The van der Waals surface area contributed by atoms with Gasteiger partial charge in [-0.2, -0.15) is 0 Å². The van der Waals surface area contributed by atoms with Crippen LogP contribution in [0.5, 0.6) is 0 Å². The number of carbonyl (C=O) groups excluding carboxylic acids is 1. The lowest BCUT2D eigenvalue weighted by Crippen LogP contribution is -2.26. The number of rotatable bonds is 5. The third kappa shape index (κ3) is 3.08. The Kier molecular flexibility index (Phi) is 4.21. The van der Waals surface area contributed by atoms with Gasteiger partial charge in [0.05, 0.1) is 11.3 Å². The predicted molar refractivity (Wildman–Crippen MR) is 98.1 cm³/mol. The highest BCUT2D eigenvalue weighted by molar-refractivity contribution is 7.11. The molecule has 8 nitrogen and oxygen atoms in total. The number of hydrogen-bond donors (Lipinski definition) is 1. The first-order valence-corrected chi connectivity index (χ1v) is 8.97. The molecule has 0 unspecified atom stereocenters. The van der Waals surface area contributed by atoms with E-state index in [9.17, 15) is 4.79 Å². The van der Waals surface area contributed by atoms with Crippen molar-refractivity contribution in [2.24, 2.45) is 7.05 Å². The van der Waals surface area contributed by atoms with E-state index in [1.54, 1.807) is 29.7 Å². The monoisotopic (exact) mass is 367 g/mol. The van der Waals surface area contributed by atoms with Gasteiger partial charge in [0, 0.05) is 32.4 Å². The van der Waals surface area contributed by atoms with Gasteiger partial charge in [0.2, 0.25) is 0 Å². The second-order valence-electron chi connectivity index (χ2n) is 5.89. The lowest BCUT2D eigenvalue weighted by atomic mass is 10.2. The average Bonchev–Trinajstić information content (AvgIpc) is 3.34. The normalized spacial score (nSPS) is 11.2. The summed E-state index contributed by atoms with van der Waals surface area (Å²) in [6, 6.07) is 7.46. The van der Waals surface area contributed by atoms with Crippen LogP contribution in [0.4, 0.5) is 0 Å². The second kappa shape index (κ2) is 6.68. The summed E-state index contributed by atoms with van der Waals surface area (Å²) in [4.78, 5) is 12.5. The highest BCUT2D eigenvalue weighted by Gasteiger charge is 2.13. The van der Waals surface area contributed by atoms with Crippen LogP contribution >= 0.6 is 11.3 Å². The maximum absolute atomic E-state index is 12.5. The first-order chi connectivity index (χ1) is 12.6. The van der Waals surface area contributed by atoms with Crippen molar-refractivity contribution >= 4 is 22.9 Å². The molecule has 4 heterocycles. The topological polar surface area (TPSA) is 90.0 Å². The summed E-state index contributed by atoms with van der Waals surface area (Å²) >= 11 is 1.54. The molecule has 0 saturated carbocycles.